The fraction of sp³-hybridized carbons (Fsp3) is 0.190. The molecule has 0 bridgehead atoms. The third kappa shape index (κ3) is 3.35. The molecule has 4 rings (SSSR count). The summed E-state index contributed by atoms with van der Waals surface area (Å²) in [5.74, 6) is 0.622. The predicted molar refractivity (Wildman–Crippen MR) is 98.4 cm³/mol. The van der Waals surface area contributed by atoms with Crippen LogP contribution in [0.25, 0.3) is 10.8 Å². The van der Waals surface area contributed by atoms with Gasteiger partial charge in [0.15, 0.2) is 0 Å². The first-order valence-corrected chi connectivity index (χ1v) is 8.32. The first-order valence-electron chi connectivity index (χ1n) is 8.32. The van der Waals surface area contributed by atoms with Gasteiger partial charge in [0.25, 0.3) is 5.91 Å². The molecule has 1 heterocycles. The van der Waals surface area contributed by atoms with Crippen molar-refractivity contribution in [2.24, 2.45) is 0 Å². The van der Waals surface area contributed by atoms with Gasteiger partial charge in [-0.3, -0.25) is 4.79 Å². The van der Waals surface area contributed by atoms with Crippen LogP contribution in [0.15, 0.2) is 66.7 Å². The summed E-state index contributed by atoms with van der Waals surface area (Å²) in [6, 6.07) is 21.3. The number of epoxide rings is 1. The van der Waals surface area contributed by atoms with Crippen LogP contribution in [0, 0.1) is 0 Å². The molecule has 1 saturated heterocycles. The second kappa shape index (κ2) is 6.57. The molecule has 0 radical (unpaired) electrons. The quantitative estimate of drug-likeness (QED) is 0.665. The lowest BCUT2D eigenvalue weighted by Gasteiger charge is -2.20. The lowest BCUT2D eigenvalue weighted by molar-refractivity contribution is 0.0993. The first kappa shape index (κ1) is 15.7. The van der Waals surface area contributed by atoms with E-state index < -0.39 is 0 Å². The summed E-state index contributed by atoms with van der Waals surface area (Å²) in [5, 5.41) is 2.17. The molecule has 3 aromatic rings. The van der Waals surface area contributed by atoms with E-state index in [2.05, 4.69) is 0 Å². The Balaban J connectivity index is 1.60. The van der Waals surface area contributed by atoms with Crippen LogP contribution in [0.3, 0.4) is 0 Å². The van der Waals surface area contributed by atoms with Crippen LogP contribution in [0.4, 0.5) is 5.69 Å². The van der Waals surface area contributed by atoms with Crippen molar-refractivity contribution in [2.45, 2.75) is 6.10 Å². The molecule has 0 aromatic heterocycles. The van der Waals surface area contributed by atoms with Crippen LogP contribution in [0.1, 0.15) is 10.4 Å². The number of hydrogen-bond acceptors (Lipinski definition) is 3. The van der Waals surface area contributed by atoms with Crippen LogP contribution in [0.5, 0.6) is 5.75 Å². The van der Waals surface area contributed by atoms with E-state index in [9.17, 15) is 4.79 Å². The van der Waals surface area contributed by atoms with Crippen molar-refractivity contribution >= 4 is 22.4 Å². The van der Waals surface area contributed by atoms with E-state index in [-0.39, 0.29) is 12.0 Å². The molecule has 25 heavy (non-hydrogen) atoms. The van der Waals surface area contributed by atoms with E-state index in [0.29, 0.717) is 17.9 Å². The number of carbonyl (C=O) groups excluding carboxylic acids is 1. The molecule has 126 valence electrons. The van der Waals surface area contributed by atoms with Gasteiger partial charge in [0.1, 0.15) is 18.5 Å². The second-order valence-electron chi connectivity index (χ2n) is 6.16. The Bertz CT molecular complexity index is 912. The summed E-state index contributed by atoms with van der Waals surface area (Å²) in [4.78, 5) is 14.6. The summed E-state index contributed by atoms with van der Waals surface area (Å²) < 4.78 is 10.8. The lowest BCUT2D eigenvalue weighted by Crippen LogP contribution is -2.26. The molecule has 4 heteroatoms. The van der Waals surface area contributed by atoms with Gasteiger partial charge in [-0.05, 0) is 29.7 Å². The van der Waals surface area contributed by atoms with Gasteiger partial charge < -0.3 is 14.4 Å². The average molecular weight is 333 g/mol. The van der Waals surface area contributed by atoms with Crippen LogP contribution in [0.2, 0.25) is 0 Å². The highest BCUT2D eigenvalue weighted by Crippen LogP contribution is 2.27. The summed E-state index contributed by atoms with van der Waals surface area (Å²) >= 11 is 0. The van der Waals surface area contributed by atoms with Crippen LogP contribution < -0.4 is 9.64 Å². The van der Waals surface area contributed by atoms with Gasteiger partial charge in [-0.1, -0.05) is 42.5 Å². The van der Waals surface area contributed by atoms with Gasteiger partial charge in [-0.25, -0.2) is 0 Å². The van der Waals surface area contributed by atoms with Crippen molar-refractivity contribution in [3.8, 4) is 5.75 Å². The lowest BCUT2D eigenvalue weighted by atomic mass is 10.1. The molecule has 0 aliphatic carbocycles. The Morgan fingerprint density at radius 3 is 2.72 bits per heavy atom. The number of hydrogen-bond donors (Lipinski definition) is 0. The van der Waals surface area contributed by atoms with Crippen molar-refractivity contribution in [3.05, 3.63) is 72.3 Å². The molecule has 3 aromatic carbocycles. The third-order valence-electron chi connectivity index (χ3n) is 4.35. The standard InChI is InChI=1S/C21H19NO3/c1-22(20-11-5-7-15-6-2-3-10-19(15)20)21(23)16-8-4-9-17(12-16)24-13-18-14-25-18/h2-12,18H,13-14H2,1H3. The normalized spacial score (nSPS) is 15.8. The van der Waals surface area contributed by atoms with Crippen molar-refractivity contribution in [3.63, 3.8) is 0 Å². The Morgan fingerprint density at radius 2 is 1.88 bits per heavy atom. The molecule has 0 spiro atoms. The van der Waals surface area contributed by atoms with Gasteiger partial charge >= 0.3 is 0 Å². The summed E-state index contributed by atoms with van der Waals surface area (Å²) in [7, 11) is 1.80. The van der Waals surface area contributed by atoms with Crippen molar-refractivity contribution in [1.29, 1.82) is 0 Å². The molecular weight excluding hydrogens is 314 g/mol. The minimum absolute atomic E-state index is 0.0653. The van der Waals surface area contributed by atoms with Crippen molar-refractivity contribution < 1.29 is 14.3 Å². The van der Waals surface area contributed by atoms with E-state index in [0.717, 1.165) is 23.1 Å². The Labute approximate surface area is 146 Å². The zero-order valence-corrected chi connectivity index (χ0v) is 14.0. The van der Waals surface area contributed by atoms with Crippen molar-refractivity contribution in [2.75, 3.05) is 25.2 Å². The highest BCUT2D eigenvalue weighted by molar-refractivity contribution is 6.10. The number of benzene rings is 3. The van der Waals surface area contributed by atoms with E-state index in [1.807, 2.05) is 60.7 Å². The highest BCUT2D eigenvalue weighted by atomic mass is 16.6. The van der Waals surface area contributed by atoms with Gasteiger partial charge in [-0.2, -0.15) is 0 Å². The maximum Gasteiger partial charge on any atom is 0.258 e. The largest absolute Gasteiger partial charge is 0.491 e. The Hall–Kier alpha value is -2.85. The monoisotopic (exact) mass is 333 g/mol. The number of ether oxygens (including phenoxy) is 2. The molecule has 1 fully saturated rings. The highest BCUT2D eigenvalue weighted by Gasteiger charge is 2.23. The first-order chi connectivity index (χ1) is 12.2. The molecule has 0 N–H and O–H groups in total. The van der Waals surface area contributed by atoms with Crippen LogP contribution >= 0.6 is 0 Å². The van der Waals surface area contributed by atoms with Crippen LogP contribution in [-0.4, -0.2) is 32.3 Å². The van der Waals surface area contributed by atoms with Crippen LogP contribution in [-0.2, 0) is 4.74 Å². The third-order valence-corrected chi connectivity index (χ3v) is 4.35. The minimum atomic E-state index is -0.0653. The molecule has 4 nitrogen and oxygen atoms in total. The van der Waals surface area contributed by atoms with Gasteiger partial charge in [-0.15, -0.1) is 0 Å². The SMILES string of the molecule is CN(C(=O)c1cccc(OCC2CO2)c1)c1cccc2ccccc12. The topological polar surface area (TPSA) is 42.1 Å². The summed E-state index contributed by atoms with van der Waals surface area (Å²) in [6.07, 6.45) is 0.192. The van der Waals surface area contributed by atoms with Gasteiger partial charge in [0, 0.05) is 18.0 Å². The molecule has 1 unspecified atom stereocenters. The van der Waals surface area contributed by atoms with E-state index >= 15 is 0 Å². The summed E-state index contributed by atoms with van der Waals surface area (Å²) in [6.45, 7) is 1.28. The maximum atomic E-state index is 12.9. The zero-order valence-electron chi connectivity index (χ0n) is 14.0. The van der Waals surface area contributed by atoms with Crippen molar-refractivity contribution in [1.82, 2.24) is 0 Å². The number of amides is 1. The number of anilines is 1. The summed E-state index contributed by atoms with van der Waals surface area (Å²) in [5.41, 5.74) is 1.49. The molecule has 1 aliphatic rings. The van der Waals surface area contributed by atoms with E-state index in [1.165, 1.54) is 0 Å². The number of rotatable bonds is 5. The molecule has 1 aliphatic heterocycles. The average Bonchev–Trinajstić information content (AvgIpc) is 3.49. The molecular formula is C21H19NO3. The smallest absolute Gasteiger partial charge is 0.258 e. The minimum Gasteiger partial charge on any atom is -0.491 e. The Morgan fingerprint density at radius 1 is 1.12 bits per heavy atom. The van der Waals surface area contributed by atoms with Gasteiger partial charge in [0.2, 0.25) is 0 Å². The number of nitrogens with zero attached hydrogens (tertiary/aromatic N) is 1. The fourth-order valence-corrected chi connectivity index (χ4v) is 2.88. The Kier molecular flexibility index (Phi) is 4.12. The maximum absolute atomic E-state index is 12.9. The molecule has 0 saturated carbocycles. The predicted octanol–water partition coefficient (Wildman–Crippen LogP) is 3.89. The second-order valence-corrected chi connectivity index (χ2v) is 6.16. The molecule has 1 atom stereocenters. The fourth-order valence-electron chi connectivity index (χ4n) is 2.88. The van der Waals surface area contributed by atoms with E-state index in [4.69, 9.17) is 9.47 Å². The zero-order chi connectivity index (χ0) is 17.2. The van der Waals surface area contributed by atoms with E-state index in [1.54, 1.807) is 18.0 Å². The molecule has 1 amide bonds. The number of carbonyl (C=O) groups is 1. The van der Waals surface area contributed by atoms with Gasteiger partial charge in [0.05, 0.1) is 12.3 Å². The number of fused-ring (bicyclic) bond motifs is 1.